The Morgan fingerprint density at radius 2 is 2.04 bits per heavy atom. The molecule has 9 heteroatoms. The van der Waals surface area contributed by atoms with E-state index in [4.69, 9.17) is 4.52 Å². The van der Waals surface area contributed by atoms with Crippen molar-refractivity contribution >= 4 is 5.91 Å². The molecule has 138 valence electrons. The van der Waals surface area contributed by atoms with Gasteiger partial charge in [-0.15, -0.1) is 0 Å². The molecular formula is C16H21F3N4O2. The van der Waals surface area contributed by atoms with Crippen molar-refractivity contribution in [3.63, 3.8) is 0 Å². The standard InChI is InChI=1S/C16H21F3N4O2/c1-10-20-12(25-22-10)14(16(17,18)19)7-8-23(9-14)13(24)15(5-2-6-15)21-11-3-4-11/h11,21H,2-9H2,1H3. The van der Waals surface area contributed by atoms with Crippen molar-refractivity contribution in [3.8, 4) is 0 Å². The van der Waals surface area contributed by atoms with Gasteiger partial charge in [-0.05, 0) is 45.4 Å². The largest absolute Gasteiger partial charge is 0.405 e. The number of carbonyl (C=O) groups excluding carboxylic acids is 1. The minimum atomic E-state index is -4.56. The Kier molecular flexibility index (Phi) is 3.65. The van der Waals surface area contributed by atoms with Gasteiger partial charge in [0.15, 0.2) is 11.2 Å². The molecule has 1 atom stereocenters. The van der Waals surface area contributed by atoms with Crippen molar-refractivity contribution in [1.82, 2.24) is 20.4 Å². The predicted octanol–water partition coefficient (Wildman–Crippen LogP) is 2.09. The minimum absolute atomic E-state index is 0.0495. The quantitative estimate of drug-likeness (QED) is 0.892. The van der Waals surface area contributed by atoms with Crippen LogP contribution in [0.1, 0.15) is 50.2 Å². The maximum atomic E-state index is 13.9. The molecule has 2 saturated carbocycles. The monoisotopic (exact) mass is 358 g/mol. The van der Waals surface area contributed by atoms with E-state index in [0.29, 0.717) is 18.9 Å². The molecule has 1 aliphatic heterocycles. The third kappa shape index (κ3) is 2.63. The topological polar surface area (TPSA) is 71.3 Å². The third-order valence-corrected chi connectivity index (χ3v) is 5.71. The van der Waals surface area contributed by atoms with Crippen LogP contribution in [0.5, 0.6) is 0 Å². The molecule has 1 aromatic heterocycles. The minimum Gasteiger partial charge on any atom is -0.340 e. The molecule has 0 aromatic carbocycles. The second-order valence-corrected chi connectivity index (χ2v) is 7.56. The zero-order chi connectivity index (χ0) is 17.9. The summed E-state index contributed by atoms with van der Waals surface area (Å²) < 4.78 is 46.5. The lowest BCUT2D eigenvalue weighted by atomic mass is 9.75. The molecule has 0 spiro atoms. The van der Waals surface area contributed by atoms with Gasteiger partial charge in [-0.3, -0.25) is 4.79 Å². The Balaban J connectivity index is 1.58. The van der Waals surface area contributed by atoms with Gasteiger partial charge in [0, 0.05) is 19.1 Å². The molecule has 0 radical (unpaired) electrons. The molecule has 6 nitrogen and oxygen atoms in total. The number of amides is 1. The summed E-state index contributed by atoms with van der Waals surface area (Å²) in [4.78, 5) is 18.2. The van der Waals surface area contributed by atoms with Crippen LogP contribution < -0.4 is 5.32 Å². The van der Waals surface area contributed by atoms with Crippen molar-refractivity contribution in [3.05, 3.63) is 11.7 Å². The van der Waals surface area contributed by atoms with Crippen LogP contribution in [0, 0.1) is 6.92 Å². The first-order valence-corrected chi connectivity index (χ1v) is 8.70. The van der Waals surface area contributed by atoms with E-state index < -0.39 is 29.6 Å². The van der Waals surface area contributed by atoms with Crippen molar-refractivity contribution in [2.45, 2.75) is 68.6 Å². The van der Waals surface area contributed by atoms with Gasteiger partial charge in [0.1, 0.15) is 0 Å². The van der Waals surface area contributed by atoms with Crippen LogP contribution >= 0.6 is 0 Å². The molecule has 2 heterocycles. The van der Waals surface area contributed by atoms with Crippen LogP contribution in [0.2, 0.25) is 0 Å². The van der Waals surface area contributed by atoms with Crippen LogP contribution in [0.4, 0.5) is 13.2 Å². The number of nitrogens with one attached hydrogen (secondary N) is 1. The third-order valence-electron chi connectivity index (χ3n) is 5.71. The first-order valence-electron chi connectivity index (χ1n) is 8.70. The molecule has 1 saturated heterocycles. The summed E-state index contributed by atoms with van der Waals surface area (Å²) in [7, 11) is 0. The van der Waals surface area contributed by atoms with E-state index in [2.05, 4.69) is 15.5 Å². The number of aromatic nitrogens is 2. The number of hydrogen-bond acceptors (Lipinski definition) is 5. The molecule has 3 fully saturated rings. The maximum absolute atomic E-state index is 13.9. The fraction of sp³-hybridized carbons (Fsp3) is 0.812. The van der Waals surface area contributed by atoms with E-state index in [-0.39, 0.29) is 24.7 Å². The van der Waals surface area contributed by atoms with Crippen molar-refractivity contribution < 1.29 is 22.5 Å². The van der Waals surface area contributed by atoms with Gasteiger partial charge in [0.25, 0.3) is 0 Å². The Labute approximate surface area is 143 Å². The average Bonchev–Trinajstić information content (AvgIpc) is 3.01. The predicted molar refractivity (Wildman–Crippen MR) is 80.7 cm³/mol. The summed E-state index contributed by atoms with van der Waals surface area (Å²) in [5, 5.41) is 6.88. The van der Waals surface area contributed by atoms with E-state index in [0.717, 1.165) is 19.3 Å². The van der Waals surface area contributed by atoms with Crippen molar-refractivity contribution in [2.24, 2.45) is 0 Å². The number of alkyl halides is 3. The molecule has 1 unspecified atom stereocenters. The molecule has 1 aromatic rings. The number of hydrogen-bond donors (Lipinski definition) is 1. The fourth-order valence-corrected chi connectivity index (χ4v) is 3.87. The number of rotatable bonds is 4. The van der Waals surface area contributed by atoms with Gasteiger partial charge in [-0.1, -0.05) is 5.16 Å². The number of likely N-dealkylation sites (tertiary alicyclic amines) is 1. The molecule has 4 rings (SSSR count). The summed E-state index contributed by atoms with van der Waals surface area (Å²) in [5.41, 5.74) is -2.94. The Hall–Kier alpha value is -1.64. The van der Waals surface area contributed by atoms with Gasteiger partial charge in [-0.25, -0.2) is 0 Å². The summed E-state index contributed by atoms with van der Waals surface area (Å²) in [6.45, 7) is 1.08. The number of carbonyl (C=O) groups is 1. The van der Waals surface area contributed by atoms with Crippen LogP contribution in [-0.4, -0.2) is 51.8 Å². The SMILES string of the molecule is Cc1noc(C2(C(F)(F)F)CCN(C(=O)C3(NC4CC4)CCC3)C2)n1. The average molecular weight is 358 g/mol. The second-order valence-electron chi connectivity index (χ2n) is 7.56. The zero-order valence-electron chi connectivity index (χ0n) is 14.0. The highest BCUT2D eigenvalue weighted by Gasteiger charge is 2.64. The Morgan fingerprint density at radius 1 is 1.32 bits per heavy atom. The fourth-order valence-electron chi connectivity index (χ4n) is 3.87. The summed E-state index contributed by atoms with van der Waals surface area (Å²) in [5.74, 6) is -0.493. The van der Waals surface area contributed by atoms with Gasteiger partial charge in [0.2, 0.25) is 11.8 Å². The highest BCUT2D eigenvalue weighted by molar-refractivity contribution is 5.88. The lowest BCUT2D eigenvalue weighted by Crippen LogP contribution is -2.62. The van der Waals surface area contributed by atoms with E-state index in [9.17, 15) is 18.0 Å². The van der Waals surface area contributed by atoms with Crippen LogP contribution in [0.15, 0.2) is 4.52 Å². The molecule has 2 aliphatic carbocycles. The van der Waals surface area contributed by atoms with Crippen LogP contribution in [0.3, 0.4) is 0 Å². The van der Waals surface area contributed by atoms with Gasteiger partial charge >= 0.3 is 6.18 Å². The highest BCUT2D eigenvalue weighted by atomic mass is 19.4. The van der Waals surface area contributed by atoms with E-state index in [1.165, 1.54) is 11.8 Å². The molecule has 0 bridgehead atoms. The number of nitrogens with zero attached hydrogens (tertiary/aromatic N) is 3. The lowest BCUT2D eigenvalue weighted by molar-refractivity contribution is -0.194. The molecule has 25 heavy (non-hydrogen) atoms. The Bertz CT molecular complexity index is 681. The van der Waals surface area contributed by atoms with Gasteiger partial charge in [-0.2, -0.15) is 18.2 Å². The van der Waals surface area contributed by atoms with Gasteiger partial charge in [0.05, 0.1) is 5.54 Å². The molecular weight excluding hydrogens is 337 g/mol. The zero-order valence-corrected chi connectivity index (χ0v) is 14.0. The van der Waals surface area contributed by atoms with Crippen molar-refractivity contribution in [1.29, 1.82) is 0 Å². The maximum Gasteiger partial charge on any atom is 0.405 e. The smallest absolute Gasteiger partial charge is 0.340 e. The summed E-state index contributed by atoms with van der Waals surface area (Å²) >= 11 is 0. The van der Waals surface area contributed by atoms with Crippen LogP contribution in [-0.2, 0) is 10.2 Å². The molecule has 1 amide bonds. The Morgan fingerprint density at radius 3 is 2.52 bits per heavy atom. The van der Waals surface area contributed by atoms with Gasteiger partial charge < -0.3 is 14.7 Å². The summed E-state index contributed by atoms with van der Waals surface area (Å²) in [6.07, 6.45) is -0.436. The highest BCUT2D eigenvalue weighted by Crippen LogP contribution is 2.48. The van der Waals surface area contributed by atoms with E-state index in [1.807, 2.05) is 0 Å². The van der Waals surface area contributed by atoms with Crippen LogP contribution in [0.25, 0.3) is 0 Å². The van der Waals surface area contributed by atoms with Crippen molar-refractivity contribution in [2.75, 3.05) is 13.1 Å². The van der Waals surface area contributed by atoms with E-state index >= 15 is 0 Å². The second kappa shape index (κ2) is 5.43. The molecule has 3 aliphatic rings. The van der Waals surface area contributed by atoms with E-state index in [1.54, 1.807) is 0 Å². The summed E-state index contributed by atoms with van der Waals surface area (Å²) in [6, 6.07) is 0.331. The first kappa shape index (κ1) is 16.8. The normalized spacial score (nSPS) is 28.9. The first-order chi connectivity index (χ1) is 11.8. The molecule has 1 N–H and O–H groups in total. The number of aryl methyl sites for hydroxylation is 1. The number of halogens is 3. The lowest BCUT2D eigenvalue weighted by Gasteiger charge is -2.44.